The molecule has 2 aliphatic heterocycles. The summed E-state index contributed by atoms with van der Waals surface area (Å²) in [5.74, 6) is 1.09. The second-order valence-corrected chi connectivity index (χ2v) is 7.57. The van der Waals surface area contributed by atoms with Gasteiger partial charge in [0.1, 0.15) is 11.6 Å². The van der Waals surface area contributed by atoms with Crippen LogP contribution in [0.25, 0.3) is 0 Å². The van der Waals surface area contributed by atoms with Crippen molar-refractivity contribution in [1.29, 1.82) is 0 Å². The van der Waals surface area contributed by atoms with Crippen LogP contribution >= 0.6 is 0 Å². The van der Waals surface area contributed by atoms with Crippen molar-refractivity contribution in [2.75, 3.05) is 13.1 Å². The fourth-order valence-corrected chi connectivity index (χ4v) is 4.36. The van der Waals surface area contributed by atoms with Gasteiger partial charge in [0.2, 0.25) is 0 Å². The third-order valence-electron chi connectivity index (χ3n) is 5.93. The van der Waals surface area contributed by atoms with Crippen molar-refractivity contribution in [2.45, 2.75) is 57.7 Å². The Morgan fingerprint density at radius 2 is 2.04 bits per heavy atom. The molecule has 0 saturated carbocycles. The van der Waals surface area contributed by atoms with Crippen LogP contribution in [0.2, 0.25) is 0 Å². The van der Waals surface area contributed by atoms with Crippen LogP contribution in [-0.4, -0.2) is 35.2 Å². The summed E-state index contributed by atoms with van der Waals surface area (Å²) in [5, 5.41) is 4.16. The van der Waals surface area contributed by atoms with E-state index in [0.29, 0.717) is 6.04 Å². The maximum Gasteiger partial charge on any atom is 0.145 e. The fraction of sp³-hybridized carbons (Fsp3) is 0.550. The van der Waals surface area contributed by atoms with E-state index in [0.717, 1.165) is 48.6 Å². The summed E-state index contributed by atoms with van der Waals surface area (Å²) < 4.78 is 18.9. The minimum Gasteiger partial charge on any atom is -0.360 e. The molecule has 2 N–H and O–H groups in total. The van der Waals surface area contributed by atoms with Gasteiger partial charge in [0.25, 0.3) is 0 Å². The van der Waals surface area contributed by atoms with Crippen molar-refractivity contribution < 1.29 is 8.91 Å². The molecule has 2 aromatic rings. The Balaban J connectivity index is 1.55. The Morgan fingerprint density at radius 3 is 2.77 bits per heavy atom. The third-order valence-corrected chi connectivity index (χ3v) is 5.93. The van der Waals surface area contributed by atoms with Gasteiger partial charge in [0.15, 0.2) is 0 Å². The number of piperidine rings is 1. The van der Waals surface area contributed by atoms with Gasteiger partial charge < -0.3 is 4.52 Å². The molecule has 1 aromatic carbocycles. The van der Waals surface area contributed by atoms with E-state index >= 15 is 0 Å². The minimum atomic E-state index is -0.179. The summed E-state index contributed by atoms with van der Waals surface area (Å²) in [6, 6.07) is 7.58. The molecule has 2 fully saturated rings. The van der Waals surface area contributed by atoms with Gasteiger partial charge in [-0.15, -0.1) is 0 Å². The van der Waals surface area contributed by atoms with Crippen LogP contribution in [0.5, 0.6) is 0 Å². The first-order valence-electron chi connectivity index (χ1n) is 9.53. The summed E-state index contributed by atoms with van der Waals surface area (Å²) in [7, 11) is 0. The average Bonchev–Trinajstić information content (AvgIpc) is 3.25. The van der Waals surface area contributed by atoms with Gasteiger partial charge in [0, 0.05) is 30.7 Å². The van der Waals surface area contributed by atoms with E-state index < -0.39 is 0 Å². The van der Waals surface area contributed by atoms with Crippen molar-refractivity contribution in [1.82, 2.24) is 20.9 Å². The molecule has 0 bridgehead atoms. The number of hydrazine groups is 1. The summed E-state index contributed by atoms with van der Waals surface area (Å²) >= 11 is 0. The zero-order valence-corrected chi connectivity index (χ0v) is 15.5. The lowest BCUT2D eigenvalue weighted by atomic mass is 9.85. The van der Waals surface area contributed by atoms with Crippen LogP contribution in [0.3, 0.4) is 0 Å². The highest BCUT2D eigenvalue weighted by molar-refractivity contribution is 5.26. The van der Waals surface area contributed by atoms with Crippen molar-refractivity contribution in [2.24, 2.45) is 0 Å². The molecular weight excluding hydrogens is 331 g/mol. The predicted molar refractivity (Wildman–Crippen MR) is 98.1 cm³/mol. The van der Waals surface area contributed by atoms with Gasteiger partial charge in [-0.2, -0.15) is 0 Å². The van der Waals surface area contributed by atoms with Crippen LogP contribution in [0.15, 0.2) is 28.8 Å². The monoisotopic (exact) mass is 358 g/mol. The number of nitrogens with one attached hydrogen (secondary N) is 2. The van der Waals surface area contributed by atoms with Gasteiger partial charge in [-0.1, -0.05) is 23.7 Å². The van der Waals surface area contributed by atoms with Crippen molar-refractivity contribution in [3.8, 4) is 0 Å². The molecule has 2 saturated heterocycles. The average molecular weight is 358 g/mol. The van der Waals surface area contributed by atoms with E-state index in [-0.39, 0.29) is 17.8 Å². The molecular formula is C20H27FN4O. The van der Waals surface area contributed by atoms with Crippen LogP contribution < -0.4 is 10.9 Å². The highest BCUT2D eigenvalue weighted by atomic mass is 19.1. The number of benzene rings is 1. The lowest BCUT2D eigenvalue weighted by molar-refractivity contribution is 0.103. The van der Waals surface area contributed by atoms with Gasteiger partial charge in [-0.05, 0) is 50.9 Å². The van der Waals surface area contributed by atoms with E-state index in [2.05, 4.69) is 27.8 Å². The zero-order chi connectivity index (χ0) is 18.1. The van der Waals surface area contributed by atoms with Crippen LogP contribution in [0, 0.1) is 19.7 Å². The first kappa shape index (κ1) is 17.6. The number of halogens is 1. The Morgan fingerprint density at radius 1 is 1.23 bits per heavy atom. The first-order chi connectivity index (χ1) is 12.6. The Hall–Kier alpha value is -1.76. The Labute approximate surface area is 153 Å². The molecule has 0 radical (unpaired) electrons. The summed E-state index contributed by atoms with van der Waals surface area (Å²) in [4.78, 5) is 2.53. The van der Waals surface area contributed by atoms with Crippen LogP contribution in [-0.2, 0) is 6.54 Å². The third kappa shape index (κ3) is 3.41. The number of rotatable bonds is 4. The first-order valence-corrected chi connectivity index (χ1v) is 9.53. The molecule has 6 heteroatoms. The van der Waals surface area contributed by atoms with Crippen LogP contribution in [0.4, 0.5) is 4.39 Å². The topological polar surface area (TPSA) is 53.3 Å². The molecule has 3 heterocycles. The zero-order valence-electron chi connectivity index (χ0n) is 15.5. The van der Waals surface area contributed by atoms with Crippen molar-refractivity contribution >= 4 is 0 Å². The molecule has 0 amide bonds. The quantitative estimate of drug-likeness (QED) is 0.880. The van der Waals surface area contributed by atoms with E-state index in [1.54, 1.807) is 12.1 Å². The molecule has 3 atom stereocenters. The fourth-order valence-electron chi connectivity index (χ4n) is 4.36. The number of likely N-dealkylation sites (tertiary alicyclic amines) is 1. The van der Waals surface area contributed by atoms with Crippen molar-refractivity contribution in [3.05, 3.63) is 52.7 Å². The molecule has 0 aliphatic carbocycles. The van der Waals surface area contributed by atoms with Gasteiger partial charge >= 0.3 is 0 Å². The smallest absolute Gasteiger partial charge is 0.145 e. The Bertz CT molecular complexity index is 745. The summed E-state index contributed by atoms with van der Waals surface area (Å²) in [5.41, 5.74) is 10.1. The number of aromatic nitrogens is 1. The van der Waals surface area contributed by atoms with Gasteiger partial charge in [-0.25, -0.2) is 4.39 Å². The van der Waals surface area contributed by atoms with Crippen molar-refractivity contribution in [3.63, 3.8) is 0 Å². The van der Waals surface area contributed by atoms with E-state index in [1.165, 1.54) is 12.8 Å². The maximum absolute atomic E-state index is 13.2. The second kappa shape index (κ2) is 7.47. The predicted octanol–water partition coefficient (Wildman–Crippen LogP) is 3.05. The normalized spacial score (nSPS) is 27.1. The van der Waals surface area contributed by atoms with Gasteiger partial charge in [-0.3, -0.25) is 15.8 Å². The molecule has 1 aromatic heterocycles. The standard InChI is InChI=1S/C20H27FN4O/c1-13-14(2)24-26-20(13)17-11-22-23-19(17)18-5-3-4-10-25(18)12-15-6-8-16(21)9-7-15/h6-9,17-19,22-23H,3-5,10-12H2,1-2H3. The maximum atomic E-state index is 13.2. The second-order valence-electron chi connectivity index (χ2n) is 7.57. The van der Waals surface area contributed by atoms with Crippen LogP contribution in [0.1, 0.15) is 47.8 Å². The summed E-state index contributed by atoms with van der Waals surface area (Å²) in [6.45, 7) is 6.86. The van der Waals surface area contributed by atoms with E-state index in [4.69, 9.17) is 4.52 Å². The summed E-state index contributed by atoms with van der Waals surface area (Å²) in [6.07, 6.45) is 3.61. The SMILES string of the molecule is Cc1noc(C2CNNC2C2CCCCN2Cc2ccc(F)cc2)c1C. The molecule has 5 nitrogen and oxygen atoms in total. The van der Waals surface area contributed by atoms with E-state index in [9.17, 15) is 4.39 Å². The Kier molecular flexibility index (Phi) is 5.07. The van der Waals surface area contributed by atoms with E-state index in [1.807, 2.05) is 19.1 Å². The number of nitrogens with zero attached hydrogens (tertiary/aromatic N) is 2. The van der Waals surface area contributed by atoms with Gasteiger partial charge in [0.05, 0.1) is 11.6 Å². The highest BCUT2D eigenvalue weighted by Crippen LogP contribution is 2.33. The lowest BCUT2D eigenvalue weighted by Crippen LogP contribution is -2.52. The minimum absolute atomic E-state index is 0.179. The molecule has 4 rings (SSSR count). The number of hydrogen-bond donors (Lipinski definition) is 2. The largest absolute Gasteiger partial charge is 0.360 e. The molecule has 0 spiro atoms. The molecule has 26 heavy (non-hydrogen) atoms. The number of aryl methyl sites for hydroxylation is 1. The molecule has 3 unspecified atom stereocenters. The highest BCUT2D eigenvalue weighted by Gasteiger charge is 2.41. The molecule has 140 valence electrons. The molecule has 2 aliphatic rings. The lowest BCUT2D eigenvalue weighted by Gasteiger charge is -2.40. The number of hydrogen-bond acceptors (Lipinski definition) is 5.